The lowest BCUT2D eigenvalue weighted by Crippen LogP contribution is -2.64. The fourth-order valence-electron chi connectivity index (χ4n) is 3.98. The molecule has 2 aromatic rings. The molecule has 0 saturated carbocycles. The average Bonchev–Trinajstić information content (AvgIpc) is 3.28. The molecule has 0 aromatic carbocycles. The van der Waals surface area contributed by atoms with E-state index in [9.17, 15) is 24.0 Å². The van der Waals surface area contributed by atoms with Crippen molar-refractivity contribution in [1.29, 1.82) is 0 Å². The monoisotopic (exact) mass is 583 g/mol. The van der Waals surface area contributed by atoms with Gasteiger partial charge in [-0.25, -0.2) is 4.98 Å². The van der Waals surface area contributed by atoms with Crippen molar-refractivity contribution in [1.82, 2.24) is 14.5 Å². The number of rotatable bonds is 9. The van der Waals surface area contributed by atoms with E-state index < -0.39 is 66.7 Å². The van der Waals surface area contributed by atoms with Crippen LogP contribution in [0.1, 0.15) is 27.7 Å². The molecule has 0 radical (unpaired) electrons. The number of carbonyl (C=O) groups excluding carboxylic acids is 4. The van der Waals surface area contributed by atoms with Crippen LogP contribution in [0.25, 0.3) is 11.3 Å². The third-order valence-corrected chi connectivity index (χ3v) is 6.15. The number of aromatic nitrogens is 3. The fraction of sp³-hybridized carbons (Fsp3) is 0.522. The van der Waals surface area contributed by atoms with Crippen LogP contribution < -0.4 is 21.3 Å². The Morgan fingerprint density at radius 1 is 1.00 bits per heavy atom. The zero-order valence-corrected chi connectivity index (χ0v) is 23.3. The summed E-state index contributed by atoms with van der Waals surface area (Å²) < 4.78 is 33.8. The van der Waals surface area contributed by atoms with E-state index >= 15 is 0 Å². The predicted molar refractivity (Wildman–Crippen MR) is 137 cm³/mol. The van der Waals surface area contributed by atoms with Gasteiger partial charge in [-0.3, -0.25) is 28.5 Å². The first kappa shape index (κ1) is 30.3. The molecule has 2 aromatic heterocycles. The van der Waals surface area contributed by atoms with Gasteiger partial charge in [0.1, 0.15) is 24.1 Å². The quantitative estimate of drug-likeness (QED) is 0.294. The number of nitrogens with two attached hydrogens (primary N) is 1. The molecule has 0 aliphatic carbocycles. The minimum absolute atomic E-state index is 0.0240. The maximum atomic E-state index is 13.3. The van der Waals surface area contributed by atoms with Gasteiger partial charge in [0.25, 0.3) is 5.56 Å². The number of nitrogens with one attached hydrogen (secondary N) is 1. The standard InChI is InChI=1S/C23H29N5O11S/c1-9(29)35-7-14-16(36-10(2)30)17(37-11(3)31)18(38-12(4)32)20(39-14)26-19-15(13-8-40-22(24)25-13)21(33)28(5)23(27-19)34-6/h8,14,16-18,20,26H,7H2,1-6H3,(H2,24,25). The number of thiazole rings is 1. The van der Waals surface area contributed by atoms with Crippen molar-refractivity contribution < 1.29 is 47.6 Å². The number of ether oxygens (including phenoxy) is 6. The second-order valence-electron chi connectivity index (χ2n) is 8.52. The van der Waals surface area contributed by atoms with E-state index in [-0.39, 0.29) is 28.2 Å². The second-order valence-corrected chi connectivity index (χ2v) is 9.41. The van der Waals surface area contributed by atoms with Crippen LogP contribution in [-0.4, -0.2) is 82.8 Å². The van der Waals surface area contributed by atoms with Crippen molar-refractivity contribution in [2.75, 3.05) is 24.8 Å². The van der Waals surface area contributed by atoms with Crippen LogP contribution in [-0.2, 0) is 49.9 Å². The number of nitrogen functional groups attached to an aromatic ring is 1. The highest BCUT2D eigenvalue weighted by atomic mass is 32.1. The van der Waals surface area contributed by atoms with Crippen molar-refractivity contribution >= 4 is 46.2 Å². The normalized spacial score (nSPS) is 22.1. The highest BCUT2D eigenvalue weighted by Gasteiger charge is 2.52. The maximum Gasteiger partial charge on any atom is 0.303 e. The molecule has 0 bridgehead atoms. The maximum absolute atomic E-state index is 13.3. The SMILES string of the molecule is COc1nc(NC2OC(COC(C)=O)C(OC(C)=O)C(OC(C)=O)C2OC(C)=O)c(-c2csc(N)n2)c(=O)n1C. The summed E-state index contributed by atoms with van der Waals surface area (Å²) >= 11 is 1.09. The fourth-order valence-corrected chi connectivity index (χ4v) is 4.54. The van der Waals surface area contributed by atoms with Crippen molar-refractivity contribution in [3.05, 3.63) is 15.7 Å². The average molecular weight is 584 g/mol. The minimum atomic E-state index is -1.44. The van der Waals surface area contributed by atoms with Crippen molar-refractivity contribution in [3.8, 4) is 17.3 Å². The number of esters is 4. The molecule has 218 valence electrons. The highest BCUT2D eigenvalue weighted by molar-refractivity contribution is 7.13. The van der Waals surface area contributed by atoms with Crippen LogP contribution in [0.4, 0.5) is 10.9 Å². The zero-order chi connectivity index (χ0) is 29.7. The Labute approximate surface area is 231 Å². The van der Waals surface area contributed by atoms with E-state index in [1.165, 1.54) is 14.2 Å². The van der Waals surface area contributed by atoms with Crippen molar-refractivity contribution in [2.45, 2.75) is 58.3 Å². The van der Waals surface area contributed by atoms with Crippen LogP contribution in [0.2, 0.25) is 0 Å². The summed E-state index contributed by atoms with van der Waals surface area (Å²) in [5.74, 6) is -3.13. The first-order chi connectivity index (χ1) is 18.8. The van der Waals surface area contributed by atoms with Crippen molar-refractivity contribution in [3.63, 3.8) is 0 Å². The Morgan fingerprint density at radius 3 is 2.12 bits per heavy atom. The Hall–Kier alpha value is -4.25. The van der Waals surface area contributed by atoms with E-state index in [1.54, 1.807) is 5.38 Å². The van der Waals surface area contributed by atoms with Crippen LogP contribution in [0, 0.1) is 0 Å². The Bertz CT molecular complexity index is 1340. The van der Waals surface area contributed by atoms with Crippen LogP contribution in [0.15, 0.2) is 10.2 Å². The summed E-state index contributed by atoms with van der Waals surface area (Å²) in [6.07, 6.45) is -6.83. The van der Waals surface area contributed by atoms with Gasteiger partial charge in [-0.2, -0.15) is 4.98 Å². The number of anilines is 2. The van der Waals surface area contributed by atoms with Gasteiger partial charge >= 0.3 is 29.9 Å². The number of carbonyl (C=O) groups is 4. The molecule has 17 heteroatoms. The van der Waals surface area contributed by atoms with E-state index in [4.69, 9.17) is 34.2 Å². The third kappa shape index (κ3) is 7.03. The summed E-state index contributed by atoms with van der Waals surface area (Å²) in [5, 5.41) is 4.62. The Kier molecular flexibility index (Phi) is 9.65. The van der Waals surface area contributed by atoms with E-state index in [1.807, 2.05) is 0 Å². The largest absolute Gasteiger partial charge is 0.468 e. The first-order valence-electron chi connectivity index (χ1n) is 11.8. The molecule has 5 atom stereocenters. The molecule has 5 unspecified atom stereocenters. The van der Waals surface area contributed by atoms with Crippen LogP contribution >= 0.6 is 11.3 Å². The minimum Gasteiger partial charge on any atom is -0.468 e. The number of methoxy groups -OCH3 is 1. The summed E-state index contributed by atoms with van der Waals surface area (Å²) in [6, 6.07) is -0.0925. The molecule has 3 rings (SSSR count). The molecule has 1 saturated heterocycles. The molecular weight excluding hydrogens is 554 g/mol. The summed E-state index contributed by atoms with van der Waals surface area (Å²) in [5.41, 5.74) is 5.38. The van der Waals surface area contributed by atoms with Gasteiger partial charge in [0, 0.05) is 40.1 Å². The molecule has 40 heavy (non-hydrogen) atoms. The lowest BCUT2D eigenvalue weighted by molar-refractivity contribution is -0.247. The molecule has 1 aliphatic heterocycles. The third-order valence-electron chi connectivity index (χ3n) is 5.48. The molecule has 1 fully saturated rings. The van der Waals surface area contributed by atoms with E-state index in [0.29, 0.717) is 0 Å². The molecule has 3 heterocycles. The van der Waals surface area contributed by atoms with Gasteiger partial charge in [0.15, 0.2) is 29.7 Å². The number of hydrogen-bond donors (Lipinski definition) is 2. The topological polar surface area (TPSA) is 209 Å². The summed E-state index contributed by atoms with van der Waals surface area (Å²) in [4.78, 5) is 69.6. The molecular formula is C23H29N5O11S. The van der Waals surface area contributed by atoms with Crippen LogP contribution in [0.3, 0.4) is 0 Å². The molecule has 0 spiro atoms. The first-order valence-corrected chi connectivity index (χ1v) is 12.6. The highest BCUT2D eigenvalue weighted by Crippen LogP contribution is 2.33. The Balaban J connectivity index is 2.17. The molecule has 0 amide bonds. The van der Waals surface area contributed by atoms with Gasteiger partial charge in [0.2, 0.25) is 0 Å². The number of nitrogens with zero attached hydrogens (tertiary/aromatic N) is 3. The van der Waals surface area contributed by atoms with Gasteiger partial charge < -0.3 is 39.5 Å². The van der Waals surface area contributed by atoms with Gasteiger partial charge in [0.05, 0.1) is 12.8 Å². The van der Waals surface area contributed by atoms with Gasteiger partial charge in [-0.1, -0.05) is 0 Å². The number of hydrogen-bond acceptors (Lipinski definition) is 16. The molecule has 16 nitrogen and oxygen atoms in total. The van der Waals surface area contributed by atoms with Crippen molar-refractivity contribution in [2.24, 2.45) is 7.05 Å². The lowest BCUT2D eigenvalue weighted by atomic mass is 9.97. The summed E-state index contributed by atoms with van der Waals surface area (Å²) in [7, 11) is 2.74. The second kappa shape index (κ2) is 12.7. The van der Waals surface area contributed by atoms with Gasteiger partial charge in [-0.15, -0.1) is 11.3 Å². The van der Waals surface area contributed by atoms with E-state index in [0.717, 1.165) is 43.6 Å². The molecule has 1 aliphatic rings. The molecule has 3 N–H and O–H groups in total. The summed E-state index contributed by atoms with van der Waals surface area (Å²) in [6.45, 7) is 4.05. The Morgan fingerprint density at radius 2 is 1.60 bits per heavy atom. The van der Waals surface area contributed by atoms with Crippen LogP contribution in [0.5, 0.6) is 6.01 Å². The van der Waals surface area contributed by atoms with E-state index in [2.05, 4.69) is 15.3 Å². The smallest absolute Gasteiger partial charge is 0.303 e. The van der Waals surface area contributed by atoms with Gasteiger partial charge in [-0.05, 0) is 0 Å². The lowest BCUT2D eigenvalue weighted by Gasteiger charge is -2.44. The predicted octanol–water partition coefficient (Wildman–Crippen LogP) is -0.0104. The zero-order valence-electron chi connectivity index (χ0n) is 22.5.